The van der Waals surface area contributed by atoms with E-state index in [0.29, 0.717) is 6.04 Å². The lowest BCUT2D eigenvalue weighted by Crippen LogP contribution is -2.55. The summed E-state index contributed by atoms with van der Waals surface area (Å²) in [5.41, 5.74) is 0. The van der Waals surface area contributed by atoms with Crippen molar-refractivity contribution < 1.29 is 0 Å². The molecule has 2 aliphatic rings. The van der Waals surface area contributed by atoms with Crippen LogP contribution < -0.4 is 5.32 Å². The minimum atomic E-state index is 0. The molecule has 0 aromatic carbocycles. The van der Waals surface area contributed by atoms with Crippen LogP contribution >= 0.6 is 24.0 Å². The molecular weight excluding hydrogens is 353 g/mol. The van der Waals surface area contributed by atoms with Crippen molar-refractivity contribution in [2.24, 2.45) is 4.99 Å². The molecule has 0 aromatic heterocycles. The highest BCUT2D eigenvalue weighted by molar-refractivity contribution is 14.0. The van der Waals surface area contributed by atoms with Crippen LogP contribution in [0, 0.1) is 0 Å². The second-order valence-corrected chi connectivity index (χ2v) is 5.52. The first-order valence-electron chi connectivity index (χ1n) is 7.05. The van der Waals surface area contributed by atoms with E-state index in [1.165, 1.54) is 19.4 Å². The Morgan fingerprint density at radius 1 is 1.16 bits per heavy atom. The Kier molecular flexibility index (Phi) is 7.38. The Morgan fingerprint density at radius 2 is 1.84 bits per heavy atom. The molecule has 1 unspecified atom stereocenters. The first-order chi connectivity index (χ1) is 8.70. The van der Waals surface area contributed by atoms with Crippen LogP contribution in [0.2, 0.25) is 0 Å². The quantitative estimate of drug-likeness (QED) is 0.430. The third-order valence-corrected chi connectivity index (χ3v) is 4.09. The first-order valence-corrected chi connectivity index (χ1v) is 7.05. The van der Waals surface area contributed by atoms with E-state index in [9.17, 15) is 0 Å². The van der Waals surface area contributed by atoms with Gasteiger partial charge in [0, 0.05) is 52.4 Å². The molecule has 2 fully saturated rings. The minimum absolute atomic E-state index is 0. The summed E-state index contributed by atoms with van der Waals surface area (Å²) in [6.07, 6.45) is 2.60. The van der Waals surface area contributed by atoms with Crippen LogP contribution in [0.1, 0.15) is 12.8 Å². The van der Waals surface area contributed by atoms with Crippen molar-refractivity contribution in [3.05, 3.63) is 0 Å². The topological polar surface area (TPSA) is 34.1 Å². The predicted molar refractivity (Wildman–Crippen MR) is 91.5 cm³/mol. The normalized spacial score (nSPS) is 26.4. The second kappa shape index (κ2) is 8.26. The van der Waals surface area contributed by atoms with Gasteiger partial charge in [0.05, 0.1) is 0 Å². The molecule has 1 atom stereocenters. The van der Waals surface area contributed by atoms with Crippen LogP contribution in [0.3, 0.4) is 0 Å². The number of piperazine rings is 1. The Hall–Kier alpha value is -0.0800. The lowest BCUT2D eigenvalue weighted by atomic mass is 10.2. The number of halogens is 1. The zero-order valence-electron chi connectivity index (χ0n) is 12.4. The highest BCUT2D eigenvalue weighted by Crippen LogP contribution is 2.08. The van der Waals surface area contributed by atoms with Gasteiger partial charge in [0.25, 0.3) is 0 Å². The summed E-state index contributed by atoms with van der Waals surface area (Å²) < 4.78 is 0. The number of hydrogen-bond acceptors (Lipinski definition) is 3. The zero-order valence-corrected chi connectivity index (χ0v) is 14.8. The molecule has 112 valence electrons. The predicted octanol–water partition coefficient (Wildman–Crippen LogP) is 0.521. The van der Waals surface area contributed by atoms with E-state index in [2.05, 4.69) is 39.1 Å². The van der Waals surface area contributed by atoms with E-state index in [-0.39, 0.29) is 24.0 Å². The zero-order chi connectivity index (χ0) is 13.0. The van der Waals surface area contributed by atoms with Crippen molar-refractivity contribution in [2.75, 3.05) is 60.4 Å². The van der Waals surface area contributed by atoms with Gasteiger partial charge >= 0.3 is 0 Å². The highest BCUT2D eigenvalue weighted by Gasteiger charge is 2.23. The molecule has 19 heavy (non-hydrogen) atoms. The first kappa shape index (κ1) is 17.0. The maximum Gasteiger partial charge on any atom is 0.193 e. The lowest BCUT2D eigenvalue weighted by molar-refractivity contribution is 0.116. The van der Waals surface area contributed by atoms with Gasteiger partial charge in [-0.2, -0.15) is 0 Å². The molecule has 0 saturated carbocycles. The molecule has 2 aliphatic heterocycles. The van der Waals surface area contributed by atoms with Crippen molar-refractivity contribution in [3.63, 3.8) is 0 Å². The molecule has 5 nitrogen and oxygen atoms in total. The van der Waals surface area contributed by atoms with Gasteiger partial charge in [-0.3, -0.25) is 9.89 Å². The molecule has 0 bridgehead atoms. The van der Waals surface area contributed by atoms with Gasteiger partial charge in [-0.15, -0.1) is 24.0 Å². The molecule has 6 heteroatoms. The molecule has 0 amide bonds. The number of nitrogens with one attached hydrogen (secondary N) is 1. The summed E-state index contributed by atoms with van der Waals surface area (Å²) in [6, 6.07) is 0.586. The summed E-state index contributed by atoms with van der Waals surface area (Å²) in [7, 11) is 6.31. The maximum atomic E-state index is 4.40. The van der Waals surface area contributed by atoms with Crippen LogP contribution in [-0.4, -0.2) is 87.1 Å². The smallest absolute Gasteiger partial charge is 0.193 e. The summed E-state index contributed by atoms with van der Waals surface area (Å²) in [6.45, 7) is 6.77. The van der Waals surface area contributed by atoms with Crippen LogP contribution in [0.5, 0.6) is 0 Å². The van der Waals surface area contributed by atoms with Gasteiger partial charge in [-0.1, -0.05) is 0 Å². The Morgan fingerprint density at radius 3 is 2.47 bits per heavy atom. The molecule has 0 spiro atoms. The van der Waals surface area contributed by atoms with E-state index in [1.807, 2.05) is 7.05 Å². The number of hydrogen-bond donors (Lipinski definition) is 1. The Bertz CT molecular complexity index is 291. The van der Waals surface area contributed by atoms with Gasteiger partial charge in [0.15, 0.2) is 5.96 Å². The molecule has 2 heterocycles. The third-order valence-electron chi connectivity index (χ3n) is 4.09. The second-order valence-electron chi connectivity index (χ2n) is 5.52. The number of aliphatic imine (C=N–C) groups is 1. The van der Waals surface area contributed by atoms with Crippen LogP contribution in [0.4, 0.5) is 0 Å². The number of nitrogens with zero attached hydrogens (tertiary/aromatic N) is 4. The van der Waals surface area contributed by atoms with Gasteiger partial charge < -0.3 is 15.1 Å². The number of guanidine groups is 1. The van der Waals surface area contributed by atoms with Gasteiger partial charge in [0.2, 0.25) is 0 Å². The van der Waals surface area contributed by atoms with Crippen molar-refractivity contribution in [1.82, 2.24) is 20.0 Å². The molecule has 2 rings (SSSR count). The van der Waals surface area contributed by atoms with Gasteiger partial charge in [0.1, 0.15) is 0 Å². The summed E-state index contributed by atoms with van der Waals surface area (Å²) in [5.74, 6) is 1.08. The molecule has 1 N–H and O–H groups in total. The number of rotatable bonds is 2. The van der Waals surface area contributed by atoms with E-state index in [1.54, 1.807) is 0 Å². The van der Waals surface area contributed by atoms with Crippen LogP contribution in [0.25, 0.3) is 0 Å². The Labute approximate surface area is 134 Å². The molecule has 0 radical (unpaired) electrons. The van der Waals surface area contributed by atoms with Gasteiger partial charge in [-0.05, 0) is 26.9 Å². The van der Waals surface area contributed by atoms with Crippen molar-refractivity contribution >= 4 is 29.9 Å². The van der Waals surface area contributed by atoms with E-state index in [4.69, 9.17) is 0 Å². The van der Waals surface area contributed by atoms with E-state index < -0.39 is 0 Å². The lowest BCUT2D eigenvalue weighted by Gasteiger charge is -2.38. The number of likely N-dealkylation sites (N-methyl/N-ethyl adjacent to an activating group) is 2. The van der Waals surface area contributed by atoms with Crippen LogP contribution in [-0.2, 0) is 0 Å². The summed E-state index contributed by atoms with van der Waals surface area (Å²) >= 11 is 0. The minimum Gasteiger partial charge on any atom is -0.355 e. The van der Waals surface area contributed by atoms with Gasteiger partial charge in [-0.25, -0.2) is 0 Å². The average molecular weight is 381 g/mol. The SMILES string of the molecule is CN=C(NCC1CN(C)CCN1C)N1CCCC1.I. The molecular formula is C13H28IN5. The number of likely N-dealkylation sites (tertiary alicyclic amines) is 1. The highest BCUT2D eigenvalue weighted by atomic mass is 127. The van der Waals surface area contributed by atoms with Crippen LogP contribution in [0.15, 0.2) is 4.99 Å². The van der Waals surface area contributed by atoms with Crippen molar-refractivity contribution in [2.45, 2.75) is 18.9 Å². The molecule has 2 saturated heterocycles. The fraction of sp³-hybridized carbons (Fsp3) is 0.923. The maximum absolute atomic E-state index is 4.40. The molecule has 0 aromatic rings. The van der Waals surface area contributed by atoms with E-state index in [0.717, 1.165) is 38.7 Å². The largest absolute Gasteiger partial charge is 0.355 e. The standard InChI is InChI=1S/C13H27N5.HI/c1-14-13(18-6-4-5-7-18)15-10-12-11-16(2)8-9-17(12)3;/h12H,4-11H2,1-3H3,(H,14,15);1H. The fourth-order valence-corrected chi connectivity index (χ4v) is 2.79. The Balaban J connectivity index is 0.00000180. The average Bonchev–Trinajstić information content (AvgIpc) is 2.88. The summed E-state index contributed by atoms with van der Waals surface area (Å²) in [5, 5.41) is 3.54. The van der Waals surface area contributed by atoms with Crippen molar-refractivity contribution in [3.8, 4) is 0 Å². The third kappa shape index (κ3) is 4.75. The summed E-state index contributed by atoms with van der Waals surface area (Å²) in [4.78, 5) is 11.6. The van der Waals surface area contributed by atoms with E-state index >= 15 is 0 Å². The monoisotopic (exact) mass is 381 g/mol. The molecule has 0 aliphatic carbocycles. The van der Waals surface area contributed by atoms with Crippen molar-refractivity contribution in [1.29, 1.82) is 0 Å². The fourth-order valence-electron chi connectivity index (χ4n) is 2.79.